The Balaban J connectivity index is 2.14. The van der Waals surface area contributed by atoms with E-state index in [4.69, 9.17) is 5.73 Å². The van der Waals surface area contributed by atoms with Crippen LogP contribution in [0.4, 0.5) is 11.4 Å². The van der Waals surface area contributed by atoms with Crippen molar-refractivity contribution in [1.82, 2.24) is 4.90 Å². The molecular weight excluding hydrogens is 313 g/mol. The molecule has 88 valence electrons. The Morgan fingerprint density at radius 3 is 2.75 bits per heavy atom. The van der Waals surface area contributed by atoms with E-state index >= 15 is 0 Å². The molecule has 0 bridgehead atoms. The lowest BCUT2D eigenvalue weighted by atomic mass is 10.2. The molecular formula is C12H18IN3. The molecule has 3 nitrogen and oxygen atoms in total. The van der Waals surface area contributed by atoms with Crippen LogP contribution in [0.25, 0.3) is 0 Å². The lowest BCUT2D eigenvalue weighted by Crippen LogP contribution is -2.31. The summed E-state index contributed by atoms with van der Waals surface area (Å²) in [6.45, 7) is 2.19. The second-order valence-electron chi connectivity index (χ2n) is 4.56. The van der Waals surface area contributed by atoms with Crippen LogP contribution < -0.4 is 10.6 Å². The molecule has 1 aromatic rings. The number of hydrogen-bond donors (Lipinski definition) is 1. The highest BCUT2D eigenvalue weighted by molar-refractivity contribution is 14.1. The second-order valence-corrected chi connectivity index (χ2v) is 5.80. The van der Waals surface area contributed by atoms with Crippen LogP contribution in [0.2, 0.25) is 0 Å². The van der Waals surface area contributed by atoms with Crippen molar-refractivity contribution in [2.75, 3.05) is 37.8 Å². The number of nitrogens with two attached hydrogens (primary N) is 1. The number of benzene rings is 1. The van der Waals surface area contributed by atoms with Crippen molar-refractivity contribution >= 4 is 34.0 Å². The van der Waals surface area contributed by atoms with E-state index in [0.29, 0.717) is 6.04 Å². The Bertz CT molecular complexity index is 379. The maximum absolute atomic E-state index is 6.06. The van der Waals surface area contributed by atoms with Crippen molar-refractivity contribution in [3.63, 3.8) is 0 Å². The Morgan fingerprint density at radius 2 is 2.19 bits per heavy atom. The van der Waals surface area contributed by atoms with Gasteiger partial charge in [0, 0.05) is 22.7 Å². The molecule has 1 aliphatic rings. The van der Waals surface area contributed by atoms with Crippen LogP contribution in [0.3, 0.4) is 0 Å². The van der Waals surface area contributed by atoms with E-state index in [2.05, 4.69) is 58.6 Å². The van der Waals surface area contributed by atoms with Gasteiger partial charge in [0.15, 0.2) is 0 Å². The topological polar surface area (TPSA) is 32.5 Å². The molecule has 1 fully saturated rings. The number of nitrogens with zero attached hydrogens (tertiary/aromatic N) is 2. The van der Waals surface area contributed by atoms with Gasteiger partial charge in [0.1, 0.15) is 0 Å². The maximum Gasteiger partial charge on any atom is 0.0601 e. The van der Waals surface area contributed by atoms with Crippen LogP contribution in [0.1, 0.15) is 6.42 Å². The van der Waals surface area contributed by atoms with Crippen molar-refractivity contribution in [3.05, 3.63) is 21.8 Å². The number of anilines is 2. The molecule has 0 spiro atoms. The molecule has 2 N–H and O–H groups in total. The third kappa shape index (κ3) is 2.43. The normalized spacial score (nSPS) is 20.8. The number of nitrogen functional groups attached to an aromatic ring is 1. The summed E-state index contributed by atoms with van der Waals surface area (Å²) in [5.74, 6) is 0. The summed E-state index contributed by atoms with van der Waals surface area (Å²) in [4.78, 5) is 4.68. The molecule has 0 amide bonds. The Labute approximate surface area is 111 Å². The predicted molar refractivity (Wildman–Crippen MR) is 77.9 cm³/mol. The van der Waals surface area contributed by atoms with E-state index in [1.54, 1.807) is 0 Å². The van der Waals surface area contributed by atoms with Gasteiger partial charge in [0.05, 0.1) is 11.4 Å². The fourth-order valence-electron chi connectivity index (χ4n) is 2.20. The predicted octanol–water partition coefficient (Wildman–Crippen LogP) is 2.01. The fraction of sp³-hybridized carbons (Fsp3) is 0.500. The molecule has 1 aliphatic heterocycles. The van der Waals surface area contributed by atoms with Gasteiger partial charge in [-0.15, -0.1) is 0 Å². The molecule has 1 heterocycles. The van der Waals surface area contributed by atoms with Gasteiger partial charge in [-0.2, -0.15) is 0 Å². The number of halogens is 1. The van der Waals surface area contributed by atoms with Gasteiger partial charge in [-0.05, 0) is 61.3 Å². The molecule has 0 aromatic heterocycles. The van der Waals surface area contributed by atoms with Gasteiger partial charge < -0.3 is 15.5 Å². The van der Waals surface area contributed by atoms with Crippen molar-refractivity contribution < 1.29 is 0 Å². The quantitative estimate of drug-likeness (QED) is 0.665. The fourth-order valence-corrected chi connectivity index (χ4v) is 2.71. The molecule has 1 unspecified atom stereocenters. The molecule has 0 aliphatic carbocycles. The van der Waals surface area contributed by atoms with E-state index in [-0.39, 0.29) is 0 Å². The average Bonchev–Trinajstić information content (AvgIpc) is 2.66. The van der Waals surface area contributed by atoms with Gasteiger partial charge in [-0.1, -0.05) is 0 Å². The largest absolute Gasteiger partial charge is 0.397 e. The first-order chi connectivity index (χ1) is 7.58. The maximum atomic E-state index is 6.06. The van der Waals surface area contributed by atoms with Crippen LogP contribution in [0.5, 0.6) is 0 Å². The van der Waals surface area contributed by atoms with Gasteiger partial charge in [-0.25, -0.2) is 0 Å². The first-order valence-electron chi connectivity index (χ1n) is 5.54. The highest BCUT2D eigenvalue weighted by Crippen LogP contribution is 2.28. The summed E-state index contributed by atoms with van der Waals surface area (Å²) in [5, 5.41) is 0. The smallest absolute Gasteiger partial charge is 0.0601 e. The molecule has 0 saturated carbocycles. The Kier molecular flexibility index (Phi) is 3.59. The Hall–Kier alpha value is -0.490. The van der Waals surface area contributed by atoms with Gasteiger partial charge in [-0.3, -0.25) is 0 Å². The summed E-state index contributed by atoms with van der Waals surface area (Å²) in [7, 11) is 4.29. The minimum atomic E-state index is 0.652. The molecule has 1 aromatic carbocycles. The van der Waals surface area contributed by atoms with Gasteiger partial charge >= 0.3 is 0 Å². The van der Waals surface area contributed by atoms with E-state index in [1.165, 1.54) is 15.7 Å². The molecule has 16 heavy (non-hydrogen) atoms. The molecule has 2 rings (SSSR count). The Morgan fingerprint density at radius 1 is 1.44 bits per heavy atom. The van der Waals surface area contributed by atoms with Crippen molar-refractivity contribution in [1.29, 1.82) is 0 Å². The van der Waals surface area contributed by atoms with Crippen LogP contribution in [-0.2, 0) is 0 Å². The van der Waals surface area contributed by atoms with Crippen LogP contribution >= 0.6 is 22.6 Å². The number of hydrogen-bond acceptors (Lipinski definition) is 3. The van der Waals surface area contributed by atoms with Crippen LogP contribution in [0.15, 0.2) is 18.2 Å². The lowest BCUT2D eigenvalue weighted by molar-refractivity contribution is 0.315. The zero-order chi connectivity index (χ0) is 11.7. The third-order valence-electron chi connectivity index (χ3n) is 3.22. The minimum absolute atomic E-state index is 0.652. The highest BCUT2D eigenvalue weighted by Gasteiger charge is 2.24. The molecule has 0 radical (unpaired) electrons. The lowest BCUT2D eigenvalue weighted by Gasteiger charge is -2.23. The minimum Gasteiger partial charge on any atom is -0.397 e. The third-order valence-corrected chi connectivity index (χ3v) is 3.89. The van der Waals surface area contributed by atoms with Crippen molar-refractivity contribution in [2.45, 2.75) is 12.5 Å². The second kappa shape index (κ2) is 4.79. The van der Waals surface area contributed by atoms with E-state index in [0.717, 1.165) is 18.8 Å². The van der Waals surface area contributed by atoms with Crippen molar-refractivity contribution in [2.24, 2.45) is 0 Å². The van der Waals surface area contributed by atoms with E-state index in [9.17, 15) is 0 Å². The zero-order valence-corrected chi connectivity index (χ0v) is 11.9. The van der Waals surface area contributed by atoms with E-state index in [1.807, 2.05) is 6.07 Å². The first-order valence-corrected chi connectivity index (χ1v) is 6.62. The zero-order valence-electron chi connectivity index (χ0n) is 9.78. The highest BCUT2D eigenvalue weighted by atomic mass is 127. The summed E-state index contributed by atoms with van der Waals surface area (Å²) >= 11 is 2.29. The van der Waals surface area contributed by atoms with E-state index < -0.39 is 0 Å². The van der Waals surface area contributed by atoms with Gasteiger partial charge in [0.25, 0.3) is 0 Å². The summed E-state index contributed by atoms with van der Waals surface area (Å²) < 4.78 is 1.20. The summed E-state index contributed by atoms with van der Waals surface area (Å²) in [5.41, 5.74) is 8.14. The monoisotopic (exact) mass is 331 g/mol. The van der Waals surface area contributed by atoms with Crippen molar-refractivity contribution in [3.8, 4) is 0 Å². The molecule has 4 heteroatoms. The van der Waals surface area contributed by atoms with Crippen LogP contribution in [-0.4, -0.2) is 38.1 Å². The van der Waals surface area contributed by atoms with Crippen LogP contribution in [0, 0.1) is 3.57 Å². The summed E-state index contributed by atoms with van der Waals surface area (Å²) in [6, 6.07) is 6.95. The molecule has 1 atom stereocenters. The standard InChI is InChI=1S/C12H18IN3/c1-15(2)10-5-6-16(8-10)12-4-3-9(13)7-11(12)14/h3-4,7,10H,5-6,8,14H2,1-2H3. The SMILES string of the molecule is CN(C)C1CCN(c2ccc(I)cc2N)C1. The number of likely N-dealkylation sites (N-methyl/N-ethyl adjacent to an activating group) is 1. The average molecular weight is 331 g/mol. The number of rotatable bonds is 2. The molecule has 1 saturated heterocycles. The summed E-state index contributed by atoms with van der Waals surface area (Å²) in [6.07, 6.45) is 1.22. The van der Waals surface area contributed by atoms with Gasteiger partial charge in [0.2, 0.25) is 0 Å². The first kappa shape index (κ1) is 12.0.